The summed E-state index contributed by atoms with van der Waals surface area (Å²) in [5.41, 5.74) is 1.31. The molecule has 0 unspecified atom stereocenters. The Kier molecular flexibility index (Phi) is 5.67. The molecule has 16 heavy (non-hydrogen) atoms. The van der Waals surface area contributed by atoms with E-state index in [9.17, 15) is 10.1 Å². The molecule has 0 saturated carbocycles. The number of hydrogen-bond donors (Lipinski definition) is 1. The van der Waals surface area contributed by atoms with Crippen molar-refractivity contribution in [3.05, 3.63) is 39.9 Å². The highest BCUT2D eigenvalue weighted by Gasteiger charge is 2.14. The number of benzene rings is 1. The minimum absolute atomic E-state index is 0.0507. The number of nitro groups is 1. The first-order valence-electron chi connectivity index (χ1n) is 5.18. The van der Waals surface area contributed by atoms with Crippen molar-refractivity contribution in [1.29, 1.82) is 0 Å². The maximum atomic E-state index is 10.4. The molecule has 0 bridgehead atoms. The molecule has 0 aromatic heterocycles. The van der Waals surface area contributed by atoms with Crippen LogP contribution in [0.2, 0.25) is 0 Å². The number of nitro benzene ring substituents is 1. The minimum Gasteiger partial charge on any atom is -0.397 e. The lowest BCUT2D eigenvalue weighted by molar-refractivity contribution is -0.384. The molecular formula is C12H19NO3. The van der Waals surface area contributed by atoms with Crippen LogP contribution in [0.5, 0.6) is 0 Å². The Labute approximate surface area is 96.1 Å². The van der Waals surface area contributed by atoms with Gasteiger partial charge >= 0.3 is 0 Å². The summed E-state index contributed by atoms with van der Waals surface area (Å²) in [5.74, 6) is 0. The quantitative estimate of drug-likeness (QED) is 0.590. The number of nitrogens with zero attached hydrogens (tertiary/aromatic N) is 1. The minimum atomic E-state index is -0.383. The normalized spacial score (nSPS) is 10.3. The summed E-state index contributed by atoms with van der Waals surface area (Å²) in [6, 6.07) is 6.69. The van der Waals surface area contributed by atoms with Crippen molar-refractivity contribution < 1.29 is 10.0 Å². The molecule has 0 radical (unpaired) electrons. The Morgan fingerprint density at radius 1 is 1.25 bits per heavy atom. The fourth-order valence-electron chi connectivity index (χ4n) is 1.08. The maximum absolute atomic E-state index is 10.4. The number of aliphatic hydroxyl groups excluding tert-OH is 1. The van der Waals surface area contributed by atoms with Crippen LogP contribution in [0.3, 0.4) is 0 Å². The standard InChI is InChI=1S/C10H13NO2.C2H6O/c1-10(2,3)8-4-6-9(7-5-8)11(12)13;1-2-3/h4-7H,1-3H3;3H,2H2,1H3. The highest BCUT2D eigenvalue weighted by atomic mass is 16.6. The van der Waals surface area contributed by atoms with Gasteiger partial charge in [-0.3, -0.25) is 10.1 Å². The largest absolute Gasteiger partial charge is 0.397 e. The van der Waals surface area contributed by atoms with Crippen LogP contribution in [0, 0.1) is 10.1 Å². The van der Waals surface area contributed by atoms with Gasteiger partial charge in [0, 0.05) is 18.7 Å². The highest BCUT2D eigenvalue weighted by Crippen LogP contribution is 2.23. The molecular weight excluding hydrogens is 206 g/mol. The van der Waals surface area contributed by atoms with Crippen LogP contribution in [-0.2, 0) is 5.41 Å². The number of rotatable bonds is 1. The summed E-state index contributed by atoms with van der Waals surface area (Å²) in [6.45, 7) is 8.16. The summed E-state index contributed by atoms with van der Waals surface area (Å²) in [7, 11) is 0. The molecule has 4 nitrogen and oxygen atoms in total. The van der Waals surface area contributed by atoms with Gasteiger partial charge in [0.05, 0.1) is 4.92 Å². The van der Waals surface area contributed by atoms with Crippen molar-refractivity contribution in [1.82, 2.24) is 0 Å². The van der Waals surface area contributed by atoms with E-state index in [1.165, 1.54) is 0 Å². The molecule has 90 valence electrons. The first kappa shape index (κ1) is 14.6. The van der Waals surface area contributed by atoms with Gasteiger partial charge in [0.15, 0.2) is 0 Å². The molecule has 1 N–H and O–H groups in total. The molecule has 0 aliphatic rings. The first-order chi connectivity index (χ1) is 7.32. The highest BCUT2D eigenvalue weighted by molar-refractivity contribution is 5.35. The molecule has 0 amide bonds. The van der Waals surface area contributed by atoms with E-state index in [0.29, 0.717) is 0 Å². The molecule has 1 aromatic carbocycles. The Balaban J connectivity index is 0.000000673. The topological polar surface area (TPSA) is 63.4 Å². The molecule has 0 heterocycles. The van der Waals surface area contributed by atoms with Crippen molar-refractivity contribution in [2.75, 3.05) is 6.61 Å². The average Bonchev–Trinajstić information content (AvgIpc) is 2.18. The number of aliphatic hydroxyl groups is 1. The smallest absolute Gasteiger partial charge is 0.269 e. The monoisotopic (exact) mass is 225 g/mol. The molecule has 0 fully saturated rings. The Bertz CT molecular complexity index is 325. The van der Waals surface area contributed by atoms with Crippen molar-refractivity contribution in [3.63, 3.8) is 0 Å². The second-order valence-electron chi connectivity index (χ2n) is 4.37. The van der Waals surface area contributed by atoms with Gasteiger partial charge in [-0.15, -0.1) is 0 Å². The maximum Gasteiger partial charge on any atom is 0.269 e. The van der Waals surface area contributed by atoms with Crippen LogP contribution >= 0.6 is 0 Å². The Hall–Kier alpha value is -1.42. The van der Waals surface area contributed by atoms with Gasteiger partial charge in [0.2, 0.25) is 0 Å². The molecule has 0 aliphatic heterocycles. The zero-order valence-electron chi connectivity index (χ0n) is 10.2. The molecule has 0 saturated heterocycles. The predicted octanol–water partition coefficient (Wildman–Crippen LogP) is 2.89. The van der Waals surface area contributed by atoms with E-state index in [1.807, 2.05) is 0 Å². The van der Waals surface area contributed by atoms with Gasteiger partial charge in [-0.25, -0.2) is 0 Å². The lowest BCUT2D eigenvalue weighted by Gasteiger charge is -2.18. The van der Waals surface area contributed by atoms with Crippen LogP contribution in [0.4, 0.5) is 5.69 Å². The molecule has 0 aliphatic carbocycles. The zero-order valence-corrected chi connectivity index (χ0v) is 10.2. The Morgan fingerprint density at radius 2 is 1.62 bits per heavy atom. The van der Waals surface area contributed by atoms with Crippen molar-refractivity contribution in [3.8, 4) is 0 Å². The van der Waals surface area contributed by atoms with Gasteiger partial charge in [0.1, 0.15) is 0 Å². The second kappa shape index (κ2) is 6.23. The van der Waals surface area contributed by atoms with Crippen molar-refractivity contribution >= 4 is 5.69 Å². The van der Waals surface area contributed by atoms with Gasteiger partial charge in [-0.05, 0) is 17.9 Å². The van der Waals surface area contributed by atoms with E-state index >= 15 is 0 Å². The number of non-ortho nitro benzene ring substituents is 1. The van der Waals surface area contributed by atoms with Crippen molar-refractivity contribution in [2.24, 2.45) is 0 Å². The van der Waals surface area contributed by atoms with E-state index in [4.69, 9.17) is 5.11 Å². The lowest BCUT2D eigenvalue weighted by atomic mass is 9.87. The van der Waals surface area contributed by atoms with Gasteiger partial charge in [-0.1, -0.05) is 32.9 Å². The summed E-state index contributed by atoms with van der Waals surface area (Å²) in [6.07, 6.45) is 0. The molecule has 0 spiro atoms. The summed E-state index contributed by atoms with van der Waals surface area (Å²) < 4.78 is 0. The third-order valence-corrected chi connectivity index (χ3v) is 1.94. The molecule has 1 aromatic rings. The predicted molar refractivity (Wildman–Crippen MR) is 64.6 cm³/mol. The van der Waals surface area contributed by atoms with Gasteiger partial charge in [0.25, 0.3) is 5.69 Å². The SMILES string of the molecule is CC(C)(C)c1ccc([N+](=O)[O-])cc1.CCO. The van der Waals surface area contributed by atoms with E-state index < -0.39 is 0 Å². The summed E-state index contributed by atoms with van der Waals surface area (Å²) >= 11 is 0. The van der Waals surface area contributed by atoms with Crippen LogP contribution in [-0.4, -0.2) is 16.6 Å². The van der Waals surface area contributed by atoms with Crippen LogP contribution in [0.1, 0.15) is 33.3 Å². The fraction of sp³-hybridized carbons (Fsp3) is 0.500. The molecule has 0 atom stereocenters. The lowest BCUT2D eigenvalue weighted by Crippen LogP contribution is -2.10. The zero-order chi connectivity index (χ0) is 12.8. The average molecular weight is 225 g/mol. The number of hydrogen-bond acceptors (Lipinski definition) is 3. The molecule has 4 heteroatoms. The Morgan fingerprint density at radius 3 is 1.88 bits per heavy atom. The third kappa shape index (κ3) is 4.89. The van der Waals surface area contributed by atoms with Crippen molar-refractivity contribution in [2.45, 2.75) is 33.1 Å². The van der Waals surface area contributed by atoms with Crippen LogP contribution in [0.25, 0.3) is 0 Å². The van der Waals surface area contributed by atoms with Gasteiger partial charge < -0.3 is 5.11 Å². The summed E-state index contributed by atoms with van der Waals surface area (Å²) in [4.78, 5) is 9.98. The third-order valence-electron chi connectivity index (χ3n) is 1.94. The van der Waals surface area contributed by atoms with Crippen LogP contribution in [0.15, 0.2) is 24.3 Å². The van der Waals surface area contributed by atoms with E-state index in [0.717, 1.165) is 5.56 Å². The summed E-state index contributed by atoms with van der Waals surface area (Å²) in [5, 5.41) is 17.9. The second-order valence-corrected chi connectivity index (χ2v) is 4.37. The van der Waals surface area contributed by atoms with Crippen LogP contribution < -0.4 is 0 Å². The first-order valence-corrected chi connectivity index (χ1v) is 5.18. The van der Waals surface area contributed by atoms with E-state index in [2.05, 4.69) is 20.8 Å². The fourth-order valence-corrected chi connectivity index (χ4v) is 1.08. The van der Waals surface area contributed by atoms with E-state index in [1.54, 1.807) is 31.2 Å². The van der Waals surface area contributed by atoms with E-state index in [-0.39, 0.29) is 22.6 Å². The van der Waals surface area contributed by atoms with Gasteiger partial charge in [-0.2, -0.15) is 0 Å². The molecule has 1 rings (SSSR count).